The first-order valence-electron chi connectivity index (χ1n) is 10.3. The van der Waals surface area contributed by atoms with Gasteiger partial charge in [0.25, 0.3) is 0 Å². The fourth-order valence-electron chi connectivity index (χ4n) is 3.57. The summed E-state index contributed by atoms with van der Waals surface area (Å²) in [5.74, 6) is 0.228. The van der Waals surface area contributed by atoms with Crippen LogP contribution in [-0.4, -0.2) is 27.8 Å². The molecule has 0 aliphatic rings. The number of hydrogen-bond donors (Lipinski definition) is 1. The van der Waals surface area contributed by atoms with Gasteiger partial charge in [-0.25, -0.2) is 9.97 Å². The lowest BCUT2D eigenvalue weighted by atomic mass is 9.84. The van der Waals surface area contributed by atoms with Gasteiger partial charge in [0.05, 0.1) is 28.5 Å². The minimum absolute atomic E-state index is 0.223. The normalized spacial score (nSPS) is 13.1. The molecule has 0 amide bonds. The summed E-state index contributed by atoms with van der Waals surface area (Å²) in [6, 6.07) is 16.3. The molecule has 1 unspecified atom stereocenters. The Morgan fingerprint density at radius 1 is 1.00 bits per heavy atom. The summed E-state index contributed by atoms with van der Waals surface area (Å²) in [6.07, 6.45) is 0.639. The van der Waals surface area contributed by atoms with E-state index in [1.807, 2.05) is 52.0 Å². The van der Waals surface area contributed by atoms with E-state index in [0.717, 1.165) is 33.5 Å². The Bertz CT molecular complexity index is 1000. The van der Waals surface area contributed by atoms with Gasteiger partial charge in [0.1, 0.15) is 0 Å². The largest absolute Gasteiger partial charge is 0.305 e. The van der Waals surface area contributed by atoms with Gasteiger partial charge in [-0.3, -0.25) is 4.79 Å². The Morgan fingerprint density at radius 2 is 1.69 bits per heavy atom. The van der Waals surface area contributed by atoms with Crippen molar-refractivity contribution in [3.05, 3.63) is 59.8 Å². The molecule has 0 fully saturated rings. The molecule has 1 heterocycles. The number of carbonyl (C=O) groups is 1. The lowest BCUT2D eigenvalue weighted by Crippen LogP contribution is -2.47. The summed E-state index contributed by atoms with van der Waals surface area (Å²) in [4.78, 5) is 22.6. The van der Waals surface area contributed by atoms with Gasteiger partial charge in [-0.05, 0) is 31.0 Å². The fourth-order valence-corrected chi connectivity index (χ4v) is 3.57. The summed E-state index contributed by atoms with van der Waals surface area (Å²) >= 11 is 0. The molecule has 2 aromatic carbocycles. The van der Waals surface area contributed by atoms with E-state index < -0.39 is 0 Å². The average Bonchev–Trinajstić information content (AvgIpc) is 2.66. The molecule has 0 bridgehead atoms. The third kappa shape index (κ3) is 5.07. The topological polar surface area (TPSA) is 54.9 Å². The van der Waals surface area contributed by atoms with Crippen LogP contribution in [0.3, 0.4) is 0 Å². The molecule has 1 aromatic heterocycles. The minimum Gasteiger partial charge on any atom is -0.305 e. The van der Waals surface area contributed by atoms with Crippen molar-refractivity contribution < 1.29 is 4.79 Å². The van der Waals surface area contributed by atoms with Crippen LogP contribution in [0.25, 0.3) is 22.3 Å². The van der Waals surface area contributed by atoms with Gasteiger partial charge in [0, 0.05) is 17.0 Å². The molecule has 29 heavy (non-hydrogen) atoms. The first-order valence-corrected chi connectivity index (χ1v) is 10.3. The van der Waals surface area contributed by atoms with Crippen molar-refractivity contribution >= 4 is 16.8 Å². The minimum atomic E-state index is -0.388. The molecule has 4 nitrogen and oxygen atoms in total. The third-order valence-corrected chi connectivity index (χ3v) is 4.98. The average molecular weight is 390 g/mol. The van der Waals surface area contributed by atoms with Crippen LogP contribution >= 0.6 is 0 Å². The van der Waals surface area contributed by atoms with Crippen molar-refractivity contribution in [1.29, 1.82) is 0 Å². The predicted molar refractivity (Wildman–Crippen MR) is 120 cm³/mol. The highest BCUT2D eigenvalue weighted by Gasteiger charge is 2.30. The van der Waals surface area contributed by atoms with E-state index in [0.29, 0.717) is 6.42 Å². The highest BCUT2D eigenvalue weighted by Crippen LogP contribution is 2.24. The number of benzene rings is 2. The highest BCUT2D eigenvalue weighted by molar-refractivity contribution is 5.89. The van der Waals surface area contributed by atoms with Crippen molar-refractivity contribution in [2.24, 2.45) is 5.41 Å². The van der Waals surface area contributed by atoms with Crippen LogP contribution in [0, 0.1) is 12.3 Å². The van der Waals surface area contributed by atoms with Crippen LogP contribution in [0.2, 0.25) is 0 Å². The van der Waals surface area contributed by atoms with Gasteiger partial charge >= 0.3 is 0 Å². The molecule has 0 aliphatic heterocycles. The van der Waals surface area contributed by atoms with Crippen LogP contribution in [-0.2, 0) is 11.2 Å². The maximum absolute atomic E-state index is 13.0. The second-order valence-corrected chi connectivity index (χ2v) is 9.04. The molecule has 1 atom stereocenters. The number of nitrogens with one attached hydrogen (secondary N) is 1. The second-order valence-electron chi connectivity index (χ2n) is 9.04. The Kier molecular flexibility index (Phi) is 6.13. The van der Waals surface area contributed by atoms with Crippen molar-refractivity contribution in [3.63, 3.8) is 0 Å². The molecule has 152 valence electrons. The monoisotopic (exact) mass is 389 g/mol. The highest BCUT2D eigenvalue weighted by atomic mass is 16.1. The zero-order valence-corrected chi connectivity index (χ0v) is 18.3. The molecular formula is C25H31N3O. The van der Waals surface area contributed by atoms with Crippen LogP contribution in [0.15, 0.2) is 48.5 Å². The molecule has 0 spiro atoms. The lowest BCUT2D eigenvalue weighted by molar-refractivity contribution is -0.128. The number of rotatable bonds is 6. The number of hydrogen-bond acceptors (Lipinski definition) is 4. The standard InChI is InChI=1S/C25H31N3O/c1-16(2)26-22(24(29)25(4,5)6)15-18-12-13-20-21(14-18)28-23(17(3)27-20)19-10-8-7-9-11-19/h7-14,16,22,26H,15H2,1-6H3. The van der Waals surface area contributed by atoms with Gasteiger partial charge in [-0.1, -0.05) is 71.0 Å². The second kappa shape index (κ2) is 8.42. The summed E-state index contributed by atoms with van der Waals surface area (Å²) < 4.78 is 0. The van der Waals surface area contributed by atoms with E-state index in [-0.39, 0.29) is 23.3 Å². The first-order chi connectivity index (χ1) is 13.6. The summed E-state index contributed by atoms with van der Waals surface area (Å²) in [5, 5.41) is 3.44. The fraction of sp³-hybridized carbons (Fsp3) is 0.400. The third-order valence-electron chi connectivity index (χ3n) is 4.98. The number of aryl methyl sites for hydroxylation is 1. The Balaban J connectivity index is 1.97. The van der Waals surface area contributed by atoms with E-state index >= 15 is 0 Å². The van der Waals surface area contributed by atoms with Crippen molar-refractivity contribution in [2.75, 3.05) is 0 Å². The number of fused-ring (bicyclic) bond motifs is 1. The molecule has 1 N–H and O–H groups in total. The Labute approximate surface area is 173 Å². The Morgan fingerprint density at radius 3 is 2.31 bits per heavy atom. The molecule has 4 heteroatoms. The molecule has 0 aliphatic carbocycles. The van der Waals surface area contributed by atoms with E-state index in [1.54, 1.807) is 0 Å². The molecule has 3 rings (SSSR count). The number of nitrogens with zero attached hydrogens (tertiary/aromatic N) is 2. The number of Topliss-reactive ketones (excluding diaryl/α,β-unsaturated/α-hetero) is 1. The maximum atomic E-state index is 13.0. The van der Waals surface area contributed by atoms with Crippen LogP contribution < -0.4 is 5.32 Å². The SMILES string of the molecule is Cc1nc2ccc(CC(NC(C)C)C(=O)C(C)(C)C)cc2nc1-c1ccccc1. The van der Waals surface area contributed by atoms with Gasteiger partial charge in [0.15, 0.2) is 5.78 Å². The van der Waals surface area contributed by atoms with E-state index in [9.17, 15) is 4.79 Å². The van der Waals surface area contributed by atoms with Gasteiger partial charge in [0.2, 0.25) is 0 Å². The summed E-state index contributed by atoms with van der Waals surface area (Å²) in [7, 11) is 0. The molecular weight excluding hydrogens is 358 g/mol. The number of ketones is 1. The number of carbonyl (C=O) groups excluding carboxylic acids is 1. The molecule has 0 radical (unpaired) electrons. The van der Waals surface area contributed by atoms with Crippen molar-refractivity contribution in [3.8, 4) is 11.3 Å². The Hall–Kier alpha value is -2.59. The van der Waals surface area contributed by atoms with Crippen LogP contribution in [0.4, 0.5) is 0 Å². The molecule has 0 saturated carbocycles. The summed E-state index contributed by atoms with van der Waals surface area (Å²) in [6.45, 7) is 12.1. The molecule has 0 saturated heterocycles. The van der Waals surface area contributed by atoms with Gasteiger partial charge in [-0.2, -0.15) is 0 Å². The van der Waals surface area contributed by atoms with E-state index in [4.69, 9.17) is 9.97 Å². The van der Waals surface area contributed by atoms with Crippen LogP contribution in [0.5, 0.6) is 0 Å². The zero-order chi connectivity index (χ0) is 21.2. The molecule has 3 aromatic rings. The lowest BCUT2D eigenvalue weighted by Gasteiger charge is -2.27. The summed E-state index contributed by atoms with van der Waals surface area (Å²) in [5.41, 5.74) is 5.31. The quantitative estimate of drug-likeness (QED) is 0.635. The zero-order valence-electron chi connectivity index (χ0n) is 18.3. The predicted octanol–water partition coefficient (Wildman–Crippen LogP) is 5.13. The van der Waals surface area contributed by atoms with Crippen LogP contribution in [0.1, 0.15) is 45.9 Å². The van der Waals surface area contributed by atoms with Gasteiger partial charge < -0.3 is 5.32 Å². The van der Waals surface area contributed by atoms with Crippen molar-refractivity contribution in [1.82, 2.24) is 15.3 Å². The van der Waals surface area contributed by atoms with Gasteiger partial charge in [-0.15, -0.1) is 0 Å². The number of aromatic nitrogens is 2. The van der Waals surface area contributed by atoms with E-state index in [1.165, 1.54) is 0 Å². The van der Waals surface area contributed by atoms with E-state index in [2.05, 4.69) is 43.4 Å². The maximum Gasteiger partial charge on any atom is 0.155 e. The smallest absolute Gasteiger partial charge is 0.155 e. The van der Waals surface area contributed by atoms with Crippen molar-refractivity contribution in [2.45, 2.75) is 60.0 Å². The first kappa shape index (κ1) is 21.1.